The van der Waals surface area contributed by atoms with Crippen molar-refractivity contribution in [1.29, 1.82) is 0 Å². The third kappa shape index (κ3) is 5.16. The molecule has 0 radical (unpaired) electrons. The first-order valence-corrected chi connectivity index (χ1v) is 19.4. The lowest BCUT2D eigenvalue weighted by Gasteiger charge is -2.33. The molecule has 3 aromatic carbocycles. The number of carbonyl (C=O) groups excluding carboxylic acids is 3. The highest BCUT2D eigenvalue weighted by Crippen LogP contribution is 2.60. The standard InChI is InChI=1S/C36H41N3O7Si/c1-23-34(47(2,3)44)31(19-32(41)37-17-9-12-26(37)21-40)46-36(23)27-18-25(39-29-13-7-8-14-30(29)45-22-33(39)42)15-16-28(27)38(35(36)43)20-24-10-5-4-6-11-24/h4-8,10-11,13-16,18,23,26,31,34,40,44H,9,12,17,19-22H2,1-3H3/t23-,26-,31+,34-,36+/m0/s1. The number of fused-ring (bicyclic) bond motifs is 3. The van der Waals surface area contributed by atoms with Gasteiger partial charge in [-0.1, -0.05) is 49.4 Å². The van der Waals surface area contributed by atoms with E-state index in [9.17, 15) is 24.3 Å². The van der Waals surface area contributed by atoms with Crippen LogP contribution in [0, 0.1) is 5.92 Å². The molecule has 0 bridgehead atoms. The zero-order valence-corrected chi connectivity index (χ0v) is 28.0. The van der Waals surface area contributed by atoms with Crippen LogP contribution in [0.3, 0.4) is 0 Å². The van der Waals surface area contributed by atoms with Gasteiger partial charge >= 0.3 is 0 Å². The summed E-state index contributed by atoms with van der Waals surface area (Å²) >= 11 is 0. The molecule has 4 aliphatic heterocycles. The normalized spacial score (nSPS) is 27.0. The summed E-state index contributed by atoms with van der Waals surface area (Å²) in [6, 6.07) is 22.4. The SMILES string of the molecule is C[C@H]1[C@H]([Si](C)(C)O)[C@@H](CC(=O)N2CCC[C@H]2CO)O[C@]12C(=O)N(Cc1ccccc1)c1ccc(N3C(=O)COc4ccccc43)cc12. The molecule has 0 unspecified atom stereocenters. The molecule has 2 fully saturated rings. The first kappa shape index (κ1) is 31.6. The summed E-state index contributed by atoms with van der Waals surface area (Å²) in [6.45, 7) is 6.27. The van der Waals surface area contributed by atoms with Gasteiger partial charge in [-0.25, -0.2) is 0 Å². The first-order chi connectivity index (χ1) is 22.5. The van der Waals surface area contributed by atoms with Crippen molar-refractivity contribution >= 4 is 43.1 Å². The van der Waals surface area contributed by atoms with E-state index in [1.54, 1.807) is 14.7 Å². The molecule has 1 spiro atoms. The molecular weight excluding hydrogens is 614 g/mol. The van der Waals surface area contributed by atoms with E-state index >= 15 is 0 Å². The molecule has 4 aliphatic rings. The van der Waals surface area contributed by atoms with E-state index in [1.807, 2.05) is 92.8 Å². The maximum atomic E-state index is 14.9. The molecule has 47 heavy (non-hydrogen) atoms. The molecule has 4 heterocycles. The van der Waals surface area contributed by atoms with Crippen LogP contribution in [0.25, 0.3) is 0 Å². The van der Waals surface area contributed by atoms with Gasteiger partial charge in [-0.3, -0.25) is 19.3 Å². The summed E-state index contributed by atoms with van der Waals surface area (Å²) < 4.78 is 12.6. The van der Waals surface area contributed by atoms with Crippen molar-refractivity contribution in [2.24, 2.45) is 5.92 Å². The number of aliphatic hydroxyl groups excluding tert-OH is 1. The highest BCUT2D eigenvalue weighted by Gasteiger charge is 2.66. The Bertz CT molecular complexity index is 1710. The predicted octanol–water partition coefficient (Wildman–Crippen LogP) is 4.46. The van der Waals surface area contributed by atoms with E-state index in [1.165, 1.54) is 0 Å². The number of benzene rings is 3. The highest BCUT2D eigenvalue weighted by atomic mass is 28.4. The number of anilines is 3. The van der Waals surface area contributed by atoms with E-state index in [0.29, 0.717) is 41.5 Å². The number of nitrogens with zero attached hydrogens (tertiary/aromatic N) is 3. The highest BCUT2D eigenvalue weighted by molar-refractivity contribution is 6.71. The minimum absolute atomic E-state index is 0.000557. The number of amides is 3. The van der Waals surface area contributed by atoms with Crippen molar-refractivity contribution in [1.82, 2.24) is 4.90 Å². The second-order valence-electron chi connectivity index (χ2n) is 13.7. The Morgan fingerprint density at radius 1 is 1.02 bits per heavy atom. The predicted molar refractivity (Wildman–Crippen MR) is 179 cm³/mol. The zero-order chi connectivity index (χ0) is 33.1. The average Bonchev–Trinajstić information content (AvgIpc) is 3.72. The molecule has 3 amide bonds. The number of para-hydroxylation sites is 2. The Hall–Kier alpha value is -4.03. The fraction of sp³-hybridized carbons (Fsp3) is 0.417. The second-order valence-corrected chi connectivity index (χ2v) is 17.7. The van der Waals surface area contributed by atoms with Gasteiger partial charge in [0.05, 0.1) is 43.1 Å². The van der Waals surface area contributed by atoms with Crippen LogP contribution in [0.1, 0.15) is 37.3 Å². The van der Waals surface area contributed by atoms with Gasteiger partial charge in [0.1, 0.15) is 5.75 Å². The molecule has 3 aromatic rings. The van der Waals surface area contributed by atoms with Crippen LogP contribution in [0.5, 0.6) is 5.75 Å². The second kappa shape index (κ2) is 11.9. The van der Waals surface area contributed by atoms with Crippen molar-refractivity contribution in [2.75, 3.05) is 29.6 Å². The maximum Gasteiger partial charge on any atom is 0.269 e. The molecule has 7 rings (SSSR count). The van der Waals surface area contributed by atoms with E-state index in [4.69, 9.17) is 9.47 Å². The van der Waals surface area contributed by atoms with Crippen molar-refractivity contribution < 1.29 is 33.8 Å². The van der Waals surface area contributed by atoms with E-state index < -0.39 is 31.5 Å². The van der Waals surface area contributed by atoms with Gasteiger partial charge in [0.25, 0.3) is 11.8 Å². The van der Waals surface area contributed by atoms with Gasteiger partial charge in [0.15, 0.2) is 20.5 Å². The summed E-state index contributed by atoms with van der Waals surface area (Å²) in [5.74, 6) is -0.520. The minimum Gasteiger partial charge on any atom is -0.482 e. The molecular formula is C36H41N3O7Si. The Labute approximate surface area is 275 Å². The van der Waals surface area contributed by atoms with Crippen LogP contribution in [0.2, 0.25) is 18.6 Å². The topological polar surface area (TPSA) is 120 Å². The van der Waals surface area contributed by atoms with Crippen molar-refractivity contribution in [3.8, 4) is 5.75 Å². The van der Waals surface area contributed by atoms with Gasteiger partial charge in [0.2, 0.25) is 5.91 Å². The van der Waals surface area contributed by atoms with Crippen LogP contribution in [-0.4, -0.2) is 72.7 Å². The quantitative estimate of drug-likeness (QED) is 0.361. The molecule has 0 aliphatic carbocycles. The monoisotopic (exact) mass is 655 g/mol. The molecule has 0 saturated carbocycles. The van der Waals surface area contributed by atoms with Crippen molar-refractivity contribution in [3.63, 3.8) is 0 Å². The first-order valence-electron chi connectivity index (χ1n) is 16.4. The van der Waals surface area contributed by atoms with E-state index in [-0.39, 0.29) is 43.4 Å². The number of rotatable bonds is 7. The number of carbonyl (C=O) groups is 3. The summed E-state index contributed by atoms with van der Waals surface area (Å²) in [6.07, 6.45) is 0.844. The molecule has 0 aromatic heterocycles. The van der Waals surface area contributed by atoms with Crippen molar-refractivity contribution in [2.45, 2.75) is 69.1 Å². The van der Waals surface area contributed by atoms with Gasteiger partial charge in [-0.05, 0) is 61.8 Å². The van der Waals surface area contributed by atoms with Gasteiger partial charge in [0, 0.05) is 29.3 Å². The molecule has 246 valence electrons. The number of likely N-dealkylation sites (tertiary alicyclic amines) is 1. The van der Waals surface area contributed by atoms with E-state index in [0.717, 1.165) is 18.4 Å². The van der Waals surface area contributed by atoms with Crippen LogP contribution in [-0.2, 0) is 31.3 Å². The molecule has 10 nitrogen and oxygen atoms in total. The smallest absolute Gasteiger partial charge is 0.269 e. The number of ether oxygens (including phenoxy) is 2. The third-order valence-corrected chi connectivity index (χ3v) is 12.9. The maximum absolute atomic E-state index is 14.9. The van der Waals surface area contributed by atoms with Crippen LogP contribution in [0.15, 0.2) is 72.8 Å². The van der Waals surface area contributed by atoms with Crippen LogP contribution >= 0.6 is 0 Å². The Balaban J connectivity index is 1.34. The Morgan fingerprint density at radius 3 is 2.51 bits per heavy atom. The molecule has 2 N–H and O–H groups in total. The van der Waals surface area contributed by atoms with E-state index in [2.05, 4.69) is 0 Å². The van der Waals surface area contributed by atoms with Crippen molar-refractivity contribution in [3.05, 3.63) is 83.9 Å². The minimum atomic E-state index is -3.02. The van der Waals surface area contributed by atoms with Gasteiger partial charge in [-0.15, -0.1) is 0 Å². The van der Waals surface area contributed by atoms with Crippen LogP contribution < -0.4 is 14.5 Å². The summed E-state index contributed by atoms with van der Waals surface area (Å²) in [4.78, 5) is 58.8. The number of hydrogen-bond donors (Lipinski definition) is 2. The summed E-state index contributed by atoms with van der Waals surface area (Å²) in [7, 11) is -3.02. The largest absolute Gasteiger partial charge is 0.482 e. The molecule has 2 saturated heterocycles. The summed E-state index contributed by atoms with van der Waals surface area (Å²) in [5, 5.41) is 9.90. The number of hydrogen-bond acceptors (Lipinski definition) is 7. The lowest BCUT2D eigenvalue weighted by Crippen LogP contribution is -2.46. The summed E-state index contributed by atoms with van der Waals surface area (Å²) in [5.41, 5.74) is 1.49. The number of aliphatic hydroxyl groups is 1. The average molecular weight is 656 g/mol. The fourth-order valence-corrected chi connectivity index (χ4v) is 10.9. The fourth-order valence-electron chi connectivity index (χ4n) is 8.36. The Morgan fingerprint density at radius 2 is 1.77 bits per heavy atom. The van der Waals surface area contributed by atoms with Gasteiger partial charge in [-0.2, -0.15) is 0 Å². The zero-order valence-electron chi connectivity index (χ0n) is 27.0. The lowest BCUT2D eigenvalue weighted by atomic mass is 9.82. The molecule has 11 heteroatoms. The van der Waals surface area contributed by atoms with Gasteiger partial charge < -0.3 is 29.2 Å². The molecule has 5 atom stereocenters. The third-order valence-electron chi connectivity index (χ3n) is 10.4. The lowest BCUT2D eigenvalue weighted by molar-refractivity contribution is -0.150. The van der Waals surface area contributed by atoms with Crippen LogP contribution in [0.4, 0.5) is 17.1 Å². The Kier molecular flexibility index (Phi) is 7.98.